The SMILES string of the molecule is O=[N+]([O-])N1C=CC=CC1(Cl)Cl. The Morgan fingerprint density at radius 1 is 1.45 bits per heavy atom. The normalized spacial score (nSPS) is 20.4. The third-order valence-electron chi connectivity index (χ3n) is 1.12. The Hall–Kier alpha value is -0.740. The molecule has 0 saturated carbocycles. The number of rotatable bonds is 1. The van der Waals surface area contributed by atoms with Crippen LogP contribution in [0.15, 0.2) is 24.4 Å². The highest BCUT2D eigenvalue weighted by Gasteiger charge is 2.37. The molecule has 0 spiro atoms. The maximum Gasteiger partial charge on any atom is 0.270 e. The predicted molar refractivity (Wildman–Crippen MR) is 41.6 cm³/mol. The summed E-state index contributed by atoms with van der Waals surface area (Å²) in [6.07, 6.45) is 5.53. The van der Waals surface area contributed by atoms with E-state index in [9.17, 15) is 10.1 Å². The Kier molecular flexibility index (Phi) is 2.06. The molecule has 0 aromatic rings. The number of allylic oxidation sites excluding steroid dienone is 2. The largest absolute Gasteiger partial charge is 0.270 e. The Bertz CT molecular complexity index is 237. The van der Waals surface area contributed by atoms with Crippen LogP contribution in [0.2, 0.25) is 0 Å². The highest BCUT2D eigenvalue weighted by molar-refractivity contribution is 6.49. The van der Waals surface area contributed by atoms with Gasteiger partial charge in [0, 0.05) is 0 Å². The molecule has 0 aliphatic carbocycles. The van der Waals surface area contributed by atoms with Crippen molar-refractivity contribution in [2.24, 2.45) is 0 Å². The van der Waals surface area contributed by atoms with E-state index in [0.29, 0.717) is 5.01 Å². The third kappa shape index (κ3) is 1.64. The monoisotopic (exact) mass is 194 g/mol. The van der Waals surface area contributed by atoms with Gasteiger partial charge in [0.1, 0.15) is 0 Å². The van der Waals surface area contributed by atoms with Crippen molar-refractivity contribution < 1.29 is 5.03 Å². The minimum absolute atomic E-state index is 0.607. The molecule has 0 unspecified atom stereocenters. The van der Waals surface area contributed by atoms with Gasteiger partial charge in [-0.1, -0.05) is 34.3 Å². The number of hydrazine groups is 1. The zero-order valence-corrected chi connectivity index (χ0v) is 6.79. The summed E-state index contributed by atoms with van der Waals surface area (Å²) in [6.45, 7) is 0. The lowest BCUT2D eigenvalue weighted by Gasteiger charge is -2.22. The first-order chi connectivity index (χ1) is 5.04. The first-order valence-corrected chi connectivity index (χ1v) is 3.47. The van der Waals surface area contributed by atoms with Crippen LogP contribution in [0.25, 0.3) is 0 Å². The van der Waals surface area contributed by atoms with E-state index in [1.165, 1.54) is 18.4 Å². The van der Waals surface area contributed by atoms with Gasteiger partial charge < -0.3 is 0 Å². The Morgan fingerprint density at radius 2 is 2.09 bits per heavy atom. The van der Waals surface area contributed by atoms with Crippen LogP contribution < -0.4 is 0 Å². The summed E-state index contributed by atoms with van der Waals surface area (Å²) >= 11 is 11.1. The highest BCUT2D eigenvalue weighted by Crippen LogP contribution is 2.30. The highest BCUT2D eigenvalue weighted by atomic mass is 35.5. The van der Waals surface area contributed by atoms with Crippen LogP contribution in [-0.4, -0.2) is 14.5 Å². The van der Waals surface area contributed by atoms with Crippen LogP contribution in [0.3, 0.4) is 0 Å². The van der Waals surface area contributed by atoms with Gasteiger partial charge in [0.25, 0.3) is 4.46 Å². The molecule has 4 nitrogen and oxygen atoms in total. The fourth-order valence-electron chi connectivity index (χ4n) is 0.642. The number of halogens is 2. The fraction of sp³-hybridized carbons (Fsp3) is 0.200. The molecule has 0 fully saturated rings. The number of hydrogen-bond acceptors (Lipinski definition) is 2. The van der Waals surface area contributed by atoms with Gasteiger partial charge in [-0.15, -0.1) is 0 Å². The van der Waals surface area contributed by atoms with Crippen molar-refractivity contribution in [3.05, 3.63) is 34.5 Å². The first kappa shape index (κ1) is 8.36. The van der Waals surface area contributed by atoms with E-state index in [2.05, 4.69) is 0 Å². The molecule has 0 N–H and O–H groups in total. The second-order valence-electron chi connectivity index (χ2n) is 1.87. The van der Waals surface area contributed by atoms with Crippen LogP contribution in [-0.2, 0) is 0 Å². The third-order valence-corrected chi connectivity index (χ3v) is 1.71. The fourth-order valence-corrected chi connectivity index (χ4v) is 1.02. The summed E-state index contributed by atoms with van der Waals surface area (Å²) in [5.41, 5.74) is 0. The van der Waals surface area contributed by atoms with Crippen LogP contribution in [0.1, 0.15) is 0 Å². The molecule has 1 rings (SSSR count). The summed E-state index contributed by atoms with van der Waals surface area (Å²) in [5, 5.41) is 10.2. The van der Waals surface area contributed by atoms with Crippen molar-refractivity contribution in [3.8, 4) is 0 Å². The van der Waals surface area contributed by atoms with Crippen LogP contribution in [0, 0.1) is 10.1 Å². The second-order valence-corrected chi connectivity index (χ2v) is 3.22. The van der Waals surface area contributed by atoms with E-state index in [-0.39, 0.29) is 0 Å². The lowest BCUT2D eigenvalue weighted by Crippen LogP contribution is -2.39. The van der Waals surface area contributed by atoms with E-state index >= 15 is 0 Å². The molecule has 0 atom stereocenters. The van der Waals surface area contributed by atoms with Gasteiger partial charge in [-0.2, -0.15) is 0 Å². The summed E-state index contributed by atoms with van der Waals surface area (Å²) < 4.78 is -1.57. The average molecular weight is 195 g/mol. The van der Waals surface area contributed by atoms with Crippen molar-refractivity contribution in [2.45, 2.75) is 4.46 Å². The van der Waals surface area contributed by atoms with Gasteiger partial charge in [-0.05, 0) is 12.2 Å². The minimum atomic E-state index is -1.57. The summed E-state index contributed by atoms with van der Waals surface area (Å²) in [6, 6.07) is 0. The van der Waals surface area contributed by atoms with Crippen molar-refractivity contribution in [3.63, 3.8) is 0 Å². The van der Waals surface area contributed by atoms with E-state index in [0.717, 1.165) is 0 Å². The number of nitrogens with zero attached hydrogens (tertiary/aromatic N) is 2. The molecule has 1 heterocycles. The van der Waals surface area contributed by atoms with Crippen molar-refractivity contribution in [1.29, 1.82) is 0 Å². The van der Waals surface area contributed by atoms with Crippen molar-refractivity contribution in [2.75, 3.05) is 0 Å². The molecule has 0 bridgehead atoms. The van der Waals surface area contributed by atoms with Crippen LogP contribution >= 0.6 is 23.2 Å². The maximum atomic E-state index is 10.2. The van der Waals surface area contributed by atoms with Crippen LogP contribution in [0.4, 0.5) is 0 Å². The molecule has 0 amide bonds. The van der Waals surface area contributed by atoms with E-state index in [4.69, 9.17) is 23.2 Å². The van der Waals surface area contributed by atoms with Gasteiger partial charge in [-0.25, -0.2) is 10.1 Å². The molecule has 0 aromatic heterocycles. The van der Waals surface area contributed by atoms with Gasteiger partial charge in [0.15, 0.2) is 5.03 Å². The summed E-state index contributed by atoms with van der Waals surface area (Å²) in [7, 11) is 0. The number of nitro groups is 1. The molecule has 1 aliphatic heterocycles. The molecule has 0 saturated heterocycles. The van der Waals surface area contributed by atoms with Crippen molar-refractivity contribution >= 4 is 23.2 Å². The van der Waals surface area contributed by atoms with Gasteiger partial charge in [0.2, 0.25) is 0 Å². The Labute approximate surface area is 72.8 Å². The zero-order valence-electron chi connectivity index (χ0n) is 5.28. The molecular formula is C5H4Cl2N2O2. The van der Waals surface area contributed by atoms with E-state index < -0.39 is 9.49 Å². The topological polar surface area (TPSA) is 46.4 Å². The molecule has 11 heavy (non-hydrogen) atoms. The maximum absolute atomic E-state index is 10.2. The lowest BCUT2D eigenvalue weighted by molar-refractivity contribution is -0.645. The van der Waals surface area contributed by atoms with Gasteiger partial charge in [-0.3, -0.25) is 0 Å². The molecular weight excluding hydrogens is 191 g/mol. The molecule has 0 radical (unpaired) electrons. The lowest BCUT2D eigenvalue weighted by atomic mass is 10.4. The number of hydrogen-bond donors (Lipinski definition) is 0. The van der Waals surface area contributed by atoms with Crippen molar-refractivity contribution in [1.82, 2.24) is 5.01 Å². The Balaban J connectivity index is 2.89. The average Bonchev–Trinajstić information content (AvgIpc) is 1.85. The standard InChI is InChI=1S/C5H4Cl2N2O2/c6-5(7)3-1-2-4-8(5)9(10)11/h1-4H. The quantitative estimate of drug-likeness (QED) is 0.277. The molecule has 6 heteroatoms. The first-order valence-electron chi connectivity index (χ1n) is 2.71. The molecule has 60 valence electrons. The molecule has 0 aromatic carbocycles. The minimum Gasteiger partial charge on any atom is -0.234 e. The van der Waals surface area contributed by atoms with Crippen LogP contribution in [0.5, 0.6) is 0 Å². The van der Waals surface area contributed by atoms with E-state index in [1.54, 1.807) is 6.08 Å². The smallest absolute Gasteiger partial charge is 0.234 e. The summed E-state index contributed by atoms with van der Waals surface area (Å²) in [4.78, 5) is 10.2. The Morgan fingerprint density at radius 3 is 2.45 bits per heavy atom. The van der Waals surface area contributed by atoms with E-state index in [1.807, 2.05) is 0 Å². The molecule has 1 aliphatic rings. The zero-order chi connectivity index (χ0) is 8.48. The predicted octanol–water partition coefficient (Wildman–Crippen LogP) is 1.69. The van der Waals surface area contributed by atoms with Gasteiger partial charge in [0.05, 0.1) is 6.20 Å². The number of alkyl halides is 2. The second kappa shape index (κ2) is 2.71. The van der Waals surface area contributed by atoms with Gasteiger partial charge >= 0.3 is 0 Å². The summed E-state index contributed by atoms with van der Waals surface area (Å²) in [5.74, 6) is 0.